The van der Waals surface area contributed by atoms with E-state index in [4.69, 9.17) is 16.3 Å². The zero-order valence-electron chi connectivity index (χ0n) is 15.8. The minimum atomic E-state index is 0.449. The van der Waals surface area contributed by atoms with Crippen LogP contribution >= 0.6 is 11.6 Å². The van der Waals surface area contributed by atoms with E-state index < -0.39 is 0 Å². The average Bonchev–Trinajstić information content (AvgIpc) is 3.13. The molecule has 5 heteroatoms. The molecule has 2 aromatic carbocycles. The summed E-state index contributed by atoms with van der Waals surface area (Å²) >= 11 is 6.51. The number of aromatic amines is 1. The number of rotatable bonds is 4. The Balaban J connectivity index is 1.66. The standard InChI is InChI=1S/C24H18ClN3O/c1-15-22-18(9-11-26-15)20-12-17(25)13-21(23(20)28-22)19-8-5-10-27-24(19)29-14-16-6-3-2-4-7-16/h2-13,28H,14H2,1H3. The van der Waals surface area contributed by atoms with Crippen LogP contribution in [0.3, 0.4) is 0 Å². The number of H-pyrrole nitrogens is 1. The van der Waals surface area contributed by atoms with E-state index in [0.29, 0.717) is 17.5 Å². The fourth-order valence-corrected chi connectivity index (χ4v) is 3.89. The van der Waals surface area contributed by atoms with Crippen molar-refractivity contribution in [2.45, 2.75) is 13.5 Å². The summed E-state index contributed by atoms with van der Waals surface area (Å²) < 4.78 is 6.08. The van der Waals surface area contributed by atoms with Gasteiger partial charge in [-0.05, 0) is 42.8 Å². The van der Waals surface area contributed by atoms with Crippen molar-refractivity contribution in [3.8, 4) is 17.0 Å². The van der Waals surface area contributed by atoms with Gasteiger partial charge in [0.25, 0.3) is 0 Å². The van der Waals surface area contributed by atoms with Crippen LogP contribution in [0, 0.1) is 6.92 Å². The molecule has 0 unspecified atom stereocenters. The number of hydrogen-bond acceptors (Lipinski definition) is 3. The molecule has 4 nitrogen and oxygen atoms in total. The molecule has 0 fully saturated rings. The van der Waals surface area contributed by atoms with E-state index in [9.17, 15) is 0 Å². The van der Waals surface area contributed by atoms with Crippen molar-refractivity contribution in [2.24, 2.45) is 0 Å². The van der Waals surface area contributed by atoms with Gasteiger partial charge in [0.1, 0.15) is 6.61 Å². The SMILES string of the molecule is Cc1nccc2c1[nH]c1c(-c3cccnc3OCc3ccccc3)cc(Cl)cc12. The van der Waals surface area contributed by atoms with E-state index >= 15 is 0 Å². The summed E-state index contributed by atoms with van der Waals surface area (Å²) in [5, 5.41) is 2.83. The van der Waals surface area contributed by atoms with Crippen LogP contribution in [0.4, 0.5) is 0 Å². The molecule has 0 saturated heterocycles. The second kappa shape index (κ2) is 7.22. The third-order valence-corrected chi connectivity index (χ3v) is 5.28. The topological polar surface area (TPSA) is 50.8 Å². The molecule has 142 valence electrons. The fraction of sp³-hybridized carbons (Fsp3) is 0.0833. The van der Waals surface area contributed by atoms with Crippen LogP contribution in [-0.4, -0.2) is 15.0 Å². The van der Waals surface area contributed by atoms with Gasteiger partial charge in [-0.3, -0.25) is 4.98 Å². The van der Waals surface area contributed by atoms with Crippen molar-refractivity contribution in [1.29, 1.82) is 0 Å². The molecule has 3 aromatic heterocycles. The molecule has 5 aromatic rings. The molecule has 0 saturated carbocycles. The summed E-state index contributed by atoms with van der Waals surface area (Å²) in [5.74, 6) is 0.577. The minimum Gasteiger partial charge on any atom is -0.472 e. The van der Waals surface area contributed by atoms with Crippen molar-refractivity contribution in [3.63, 3.8) is 0 Å². The molecular weight excluding hydrogens is 382 g/mol. The summed E-state index contributed by atoms with van der Waals surface area (Å²) in [6.45, 7) is 2.45. The second-order valence-corrected chi connectivity index (χ2v) is 7.39. The van der Waals surface area contributed by atoms with Crippen LogP contribution in [0.25, 0.3) is 32.9 Å². The monoisotopic (exact) mass is 399 g/mol. The first-order chi connectivity index (χ1) is 14.2. The molecule has 29 heavy (non-hydrogen) atoms. The first-order valence-corrected chi connectivity index (χ1v) is 9.77. The number of ether oxygens (including phenoxy) is 1. The van der Waals surface area contributed by atoms with Crippen molar-refractivity contribution >= 4 is 33.4 Å². The molecule has 0 bridgehead atoms. The van der Waals surface area contributed by atoms with Gasteiger partial charge < -0.3 is 9.72 Å². The number of nitrogens with zero attached hydrogens (tertiary/aromatic N) is 2. The third kappa shape index (κ3) is 3.22. The molecule has 0 radical (unpaired) electrons. The molecule has 0 aliphatic heterocycles. The predicted octanol–water partition coefficient (Wildman–Crippen LogP) is 6.32. The van der Waals surface area contributed by atoms with Crippen LogP contribution in [0.2, 0.25) is 5.02 Å². The number of aryl methyl sites for hydroxylation is 1. The Kier molecular flexibility index (Phi) is 4.41. The Morgan fingerprint density at radius 2 is 1.72 bits per heavy atom. The summed E-state index contributed by atoms with van der Waals surface area (Å²) in [5.41, 5.74) is 5.91. The van der Waals surface area contributed by atoms with Gasteiger partial charge in [0, 0.05) is 39.3 Å². The molecule has 0 atom stereocenters. The fourth-order valence-electron chi connectivity index (χ4n) is 3.68. The number of halogens is 1. The number of nitrogens with one attached hydrogen (secondary N) is 1. The van der Waals surface area contributed by atoms with Gasteiger partial charge in [0.2, 0.25) is 5.88 Å². The van der Waals surface area contributed by atoms with Crippen molar-refractivity contribution in [3.05, 3.63) is 89.3 Å². The third-order valence-electron chi connectivity index (χ3n) is 5.06. The quantitative estimate of drug-likeness (QED) is 0.384. The Hall–Kier alpha value is -3.37. The minimum absolute atomic E-state index is 0.449. The van der Waals surface area contributed by atoms with E-state index in [-0.39, 0.29) is 0 Å². The Labute approximate surface area is 173 Å². The Morgan fingerprint density at radius 1 is 0.862 bits per heavy atom. The lowest BCUT2D eigenvalue weighted by Crippen LogP contribution is -1.99. The van der Waals surface area contributed by atoms with Crippen molar-refractivity contribution < 1.29 is 4.74 Å². The highest BCUT2D eigenvalue weighted by Gasteiger charge is 2.16. The van der Waals surface area contributed by atoms with Gasteiger partial charge in [-0.15, -0.1) is 0 Å². The second-order valence-electron chi connectivity index (χ2n) is 6.95. The van der Waals surface area contributed by atoms with E-state index in [1.54, 1.807) is 6.20 Å². The number of benzene rings is 2. The van der Waals surface area contributed by atoms with Crippen LogP contribution < -0.4 is 4.74 Å². The van der Waals surface area contributed by atoms with E-state index in [1.165, 1.54) is 0 Å². The van der Waals surface area contributed by atoms with E-state index in [0.717, 1.165) is 44.2 Å². The predicted molar refractivity (Wildman–Crippen MR) is 117 cm³/mol. The van der Waals surface area contributed by atoms with E-state index in [2.05, 4.69) is 15.0 Å². The van der Waals surface area contributed by atoms with Gasteiger partial charge in [-0.25, -0.2) is 4.98 Å². The summed E-state index contributed by atoms with van der Waals surface area (Å²) in [4.78, 5) is 12.4. The lowest BCUT2D eigenvalue weighted by atomic mass is 10.0. The van der Waals surface area contributed by atoms with E-state index in [1.807, 2.05) is 73.8 Å². The van der Waals surface area contributed by atoms with Gasteiger partial charge in [0.05, 0.1) is 16.7 Å². The Morgan fingerprint density at radius 3 is 2.59 bits per heavy atom. The Bertz CT molecular complexity index is 1330. The van der Waals surface area contributed by atoms with Gasteiger partial charge in [-0.1, -0.05) is 41.9 Å². The molecule has 0 aliphatic carbocycles. The first-order valence-electron chi connectivity index (χ1n) is 9.39. The number of hydrogen-bond donors (Lipinski definition) is 1. The van der Waals surface area contributed by atoms with Crippen LogP contribution in [0.1, 0.15) is 11.3 Å². The molecule has 1 N–H and O–H groups in total. The lowest BCUT2D eigenvalue weighted by Gasteiger charge is -2.12. The maximum Gasteiger partial charge on any atom is 0.221 e. The molecule has 5 rings (SSSR count). The van der Waals surface area contributed by atoms with Crippen molar-refractivity contribution in [2.75, 3.05) is 0 Å². The lowest BCUT2D eigenvalue weighted by molar-refractivity contribution is 0.295. The molecular formula is C24H18ClN3O. The normalized spacial score (nSPS) is 11.2. The largest absolute Gasteiger partial charge is 0.472 e. The maximum atomic E-state index is 6.51. The van der Waals surface area contributed by atoms with Crippen molar-refractivity contribution in [1.82, 2.24) is 15.0 Å². The number of aromatic nitrogens is 3. The van der Waals surface area contributed by atoms with Gasteiger partial charge >= 0.3 is 0 Å². The highest BCUT2D eigenvalue weighted by Crippen LogP contribution is 2.39. The highest BCUT2D eigenvalue weighted by atomic mass is 35.5. The molecule has 3 heterocycles. The molecule has 0 amide bonds. The summed E-state index contributed by atoms with van der Waals surface area (Å²) in [6, 6.07) is 19.9. The zero-order chi connectivity index (χ0) is 19.8. The number of pyridine rings is 2. The van der Waals surface area contributed by atoms with Crippen LogP contribution in [0.5, 0.6) is 5.88 Å². The first kappa shape index (κ1) is 17.7. The molecule has 0 spiro atoms. The summed E-state index contributed by atoms with van der Waals surface area (Å²) in [6.07, 6.45) is 3.56. The van der Waals surface area contributed by atoms with Gasteiger partial charge in [-0.2, -0.15) is 0 Å². The summed E-state index contributed by atoms with van der Waals surface area (Å²) in [7, 11) is 0. The highest BCUT2D eigenvalue weighted by molar-refractivity contribution is 6.32. The van der Waals surface area contributed by atoms with Crippen LogP contribution in [-0.2, 0) is 6.61 Å². The average molecular weight is 400 g/mol. The number of fused-ring (bicyclic) bond motifs is 3. The van der Waals surface area contributed by atoms with Crippen LogP contribution in [0.15, 0.2) is 73.1 Å². The van der Waals surface area contributed by atoms with Gasteiger partial charge in [0.15, 0.2) is 0 Å². The molecule has 0 aliphatic rings. The zero-order valence-corrected chi connectivity index (χ0v) is 16.6. The maximum absolute atomic E-state index is 6.51. The smallest absolute Gasteiger partial charge is 0.221 e.